The largest absolute Gasteiger partial charge is 0.478 e. The third kappa shape index (κ3) is 2.47. The quantitative estimate of drug-likeness (QED) is 0.754. The van der Waals surface area contributed by atoms with E-state index in [0.29, 0.717) is 35.5 Å². The number of hydrogen-bond donors (Lipinski definition) is 1. The molecule has 0 amide bonds. The summed E-state index contributed by atoms with van der Waals surface area (Å²) in [4.78, 5) is 28.6. The smallest absolute Gasteiger partial charge is 0.337 e. The van der Waals surface area contributed by atoms with Crippen molar-refractivity contribution in [3.05, 3.63) is 69.3 Å². The second kappa shape index (κ2) is 5.70. The van der Waals surface area contributed by atoms with Gasteiger partial charge in [0.05, 0.1) is 11.3 Å². The first kappa shape index (κ1) is 15.6. The van der Waals surface area contributed by atoms with E-state index in [-0.39, 0.29) is 17.9 Å². The van der Waals surface area contributed by atoms with Crippen molar-refractivity contribution < 1.29 is 19.4 Å². The minimum Gasteiger partial charge on any atom is -0.478 e. The lowest BCUT2D eigenvalue weighted by molar-refractivity contribution is 0.0696. The van der Waals surface area contributed by atoms with Gasteiger partial charge in [0.1, 0.15) is 5.65 Å². The highest BCUT2D eigenvalue weighted by Gasteiger charge is 2.23. The third-order valence-electron chi connectivity index (χ3n) is 4.85. The summed E-state index contributed by atoms with van der Waals surface area (Å²) in [6.07, 6.45) is 4.61. The van der Waals surface area contributed by atoms with Crippen LogP contribution in [0.1, 0.15) is 33.6 Å². The summed E-state index contributed by atoms with van der Waals surface area (Å²) >= 11 is 0. The number of carboxylic acids is 1. The highest BCUT2D eigenvalue weighted by atomic mass is 16.7. The van der Waals surface area contributed by atoms with E-state index in [1.165, 1.54) is 16.7 Å². The van der Waals surface area contributed by atoms with Crippen molar-refractivity contribution in [2.45, 2.75) is 12.8 Å². The highest BCUT2D eigenvalue weighted by Crippen LogP contribution is 2.35. The van der Waals surface area contributed by atoms with Crippen LogP contribution in [-0.4, -0.2) is 27.3 Å². The van der Waals surface area contributed by atoms with Gasteiger partial charge in [0, 0.05) is 11.8 Å². The molecule has 134 valence electrons. The molecule has 0 fully saturated rings. The average Bonchev–Trinajstić information content (AvgIpc) is 3.28. The minimum absolute atomic E-state index is 0.0560. The van der Waals surface area contributed by atoms with Gasteiger partial charge < -0.3 is 14.6 Å². The Morgan fingerprint density at radius 3 is 2.85 bits per heavy atom. The second-order valence-electron chi connectivity index (χ2n) is 6.48. The Bertz CT molecular complexity index is 1210. The van der Waals surface area contributed by atoms with Crippen molar-refractivity contribution in [3.63, 3.8) is 0 Å². The molecule has 0 saturated heterocycles. The van der Waals surface area contributed by atoms with Crippen molar-refractivity contribution in [3.8, 4) is 11.5 Å². The fourth-order valence-corrected chi connectivity index (χ4v) is 3.52. The van der Waals surface area contributed by atoms with Crippen LogP contribution < -0.4 is 15.0 Å². The number of allylic oxidation sites excluding steroid dienone is 1. The van der Waals surface area contributed by atoms with Gasteiger partial charge in [-0.1, -0.05) is 6.07 Å². The van der Waals surface area contributed by atoms with Gasteiger partial charge in [-0.25, -0.2) is 9.78 Å². The maximum Gasteiger partial charge on any atom is 0.337 e. The molecule has 0 unspecified atom stereocenters. The molecule has 27 heavy (non-hydrogen) atoms. The molecular weight excluding hydrogens is 348 g/mol. The summed E-state index contributed by atoms with van der Waals surface area (Å²) in [7, 11) is 0. The van der Waals surface area contributed by atoms with Gasteiger partial charge in [-0.2, -0.15) is 0 Å². The molecule has 0 bridgehead atoms. The highest BCUT2D eigenvalue weighted by molar-refractivity contribution is 5.88. The molecule has 7 nitrogen and oxygen atoms in total. The molecule has 0 radical (unpaired) electrons. The lowest BCUT2D eigenvalue weighted by Crippen LogP contribution is -2.20. The summed E-state index contributed by atoms with van der Waals surface area (Å²) in [5.74, 6) is 0.351. The van der Waals surface area contributed by atoms with Gasteiger partial charge in [-0.15, -0.1) is 0 Å². The van der Waals surface area contributed by atoms with Gasteiger partial charge in [0.25, 0.3) is 5.56 Å². The zero-order valence-electron chi connectivity index (χ0n) is 14.1. The Morgan fingerprint density at radius 2 is 2.00 bits per heavy atom. The molecule has 3 heterocycles. The number of rotatable bonds is 2. The van der Waals surface area contributed by atoms with Gasteiger partial charge in [-0.05, 0) is 54.3 Å². The molecule has 1 N–H and O–H groups in total. The number of pyridine rings is 1. The van der Waals surface area contributed by atoms with Gasteiger partial charge in [0.2, 0.25) is 6.79 Å². The number of benzene rings is 1. The summed E-state index contributed by atoms with van der Waals surface area (Å²) in [6, 6.07) is 8.71. The topological polar surface area (TPSA) is 90.1 Å². The van der Waals surface area contributed by atoms with Crippen LogP contribution in [0, 0.1) is 0 Å². The molecule has 7 heteroatoms. The van der Waals surface area contributed by atoms with Crippen molar-refractivity contribution in [2.75, 3.05) is 6.79 Å². The lowest BCUT2D eigenvalue weighted by Gasteiger charge is -2.06. The average molecular weight is 362 g/mol. The Labute approximate surface area is 153 Å². The van der Waals surface area contributed by atoms with E-state index in [4.69, 9.17) is 14.6 Å². The second-order valence-corrected chi connectivity index (χ2v) is 6.48. The maximum atomic E-state index is 12.8. The fourth-order valence-electron chi connectivity index (χ4n) is 3.52. The molecule has 0 spiro atoms. The van der Waals surface area contributed by atoms with E-state index in [9.17, 15) is 9.59 Å². The number of fused-ring (bicyclic) bond motifs is 3. The number of hydrogen-bond acceptors (Lipinski definition) is 5. The Kier molecular flexibility index (Phi) is 3.30. The van der Waals surface area contributed by atoms with Gasteiger partial charge in [-0.3, -0.25) is 9.20 Å². The molecule has 2 aliphatic rings. The molecule has 0 saturated carbocycles. The van der Waals surface area contributed by atoms with Crippen molar-refractivity contribution >= 4 is 23.3 Å². The van der Waals surface area contributed by atoms with Crippen molar-refractivity contribution in [1.82, 2.24) is 9.38 Å². The zero-order chi connectivity index (χ0) is 18.5. The maximum absolute atomic E-state index is 12.8. The van der Waals surface area contributed by atoms with E-state index in [0.717, 1.165) is 16.9 Å². The molecule has 2 aromatic heterocycles. The van der Waals surface area contributed by atoms with Crippen molar-refractivity contribution in [1.29, 1.82) is 0 Å². The molecule has 1 aliphatic carbocycles. The normalized spacial score (nSPS) is 16.1. The molecule has 0 atom stereocenters. The predicted octanol–water partition coefficient (Wildman–Crippen LogP) is 2.61. The first-order valence-electron chi connectivity index (χ1n) is 8.49. The molecule has 1 aromatic carbocycles. The number of aromatic carboxylic acids is 1. The zero-order valence-corrected chi connectivity index (χ0v) is 14.1. The summed E-state index contributed by atoms with van der Waals surface area (Å²) in [5, 5.41) is 9.14. The number of nitrogens with zero attached hydrogens (tertiary/aromatic N) is 2. The fraction of sp³-hybridized carbons (Fsp3) is 0.150. The van der Waals surface area contributed by atoms with Gasteiger partial charge in [0.15, 0.2) is 11.5 Å². The van der Waals surface area contributed by atoms with E-state index in [2.05, 4.69) is 4.98 Å². The Balaban J connectivity index is 1.62. The van der Waals surface area contributed by atoms with E-state index >= 15 is 0 Å². The van der Waals surface area contributed by atoms with Gasteiger partial charge >= 0.3 is 5.97 Å². The van der Waals surface area contributed by atoms with Crippen LogP contribution in [-0.2, 0) is 6.42 Å². The van der Waals surface area contributed by atoms with Crippen molar-refractivity contribution in [2.24, 2.45) is 0 Å². The first-order valence-corrected chi connectivity index (χ1v) is 8.49. The van der Waals surface area contributed by atoms with Crippen LogP contribution >= 0.6 is 0 Å². The molecule has 3 aromatic rings. The minimum atomic E-state index is -1.08. The summed E-state index contributed by atoms with van der Waals surface area (Å²) in [6.45, 7) is 0.223. The number of carbonyl (C=O) groups is 1. The van der Waals surface area contributed by atoms with Crippen LogP contribution in [0.5, 0.6) is 11.5 Å². The monoisotopic (exact) mass is 362 g/mol. The number of ether oxygens (including phenoxy) is 2. The van der Waals surface area contributed by atoms with E-state index in [1.807, 2.05) is 24.3 Å². The Hall–Kier alpha value is -3.61. The van der Waals surface area contributed by atoms with Crippen LogP contribution in [0.25, 0.3) is 17.3 Å². The van der Waals surface area contributed by atoms with Crippen LogP contribution in [0.4, 0.5) is 0 Å². The SMILES string of the molecule is O=C(O)c1ccc2nc3c(c(=O)n2c1)CCC3=Cc1ccc2c(c1)OCO2. The molecule has 1 aliphatic heterocycles. The lowest BCUT2D eigenvalue weighted by atomic mass is 10.1. The van der Waals surface area contributed by atoms with Crippen LogP contribution in [0.15, 0.2) is 41.3 Å². The van der Waals surface area contributed by atoms with Crippen LogP contribution in [0.2, 0.25) is 0 Å². The predicted molar refractivity (Wildman–Crippen MR) is 97.2 cm³/mol. The van der Waals surface area contributed by atoms with E-state index < -0.39 is 5.97 Å². The summed E-state index contributed by atoms with van der Waals surface area (Å²) < 4.78 is 12.1. The summed E-state index contributed by atoms with van der Waals surface area (Å²) in [5.41, 5.74) is 3.49. The van der Waals surface area contributed by atoms with E-state index in [1.54, 1.807) is 6.07 Å². The molecular formula is C20H14N2O5. The number of carboxylic acid groups (broad SMARTS) is 1. The first-order chi connectivity index (χ1) is 13.1. The standard InChI is InChI=1S/C20H14N2O5/c23-19-14-4-2-12(7-11-1-5-15-16(8-11)27-10-26-15)18(14)21-17-6-3-13(20(24)25)9-22(17)19/h1,3,5-9H,2,4,10H2,(H,24,25). The Morgan fingerprint density at radius 1 is 1.15 bits per heavy atom. The third-order valence-corrected chi connectivity index (χ3v) is 4.85. The number of aromatic nitrogens is 2. The molecule has 5 rings (SSSR count). The van der Waals surface area contributed by atoms with Crippen LogP contribution in [0.3, 0.4) is 0 Å².